The molecule has 0 N–H and O–H groups in total. The first kappa shape index (κ1) is 15.2. The fourth-order valence-electron chi connectivity index (χ4n) is 3.06. The molecule has 0 spiro atoms. The van der Waals surface area contributed by atoms with E-state index in [0.29, 0.717) is 11.3 Å². The predicted octanol–water partition coefficient (Wildman–Crippen LogP) is 5.89. The van der Waals surface area contributed by atoms with E-state index >= 15 is 0 Å². The quantitative estimate of drug-likeness (QED) is 0.385. The molecule has 0 unspecified atom stereocenters. The zero-order valence-electron chi connectivity index (χ0n) is 13.6. The Kier molecular flexibility index (Phi) is 3.39. The molecule has 2 heterocycles. The van der Waals surface area contributed by atoms with E-state index in [0.717, 1.165) is 43.1 Å². The topological polar surface area (TPSA) is 43.4 Å². The first-order chi connectivity index (χ1) is 11.4. The summed E-state index contributed by atoms with van der Waals surface area (Å²) in [6, 6.07) is 11.4. The first-order valence-corrected chi connectivity index (χ1v) is 8.47. The van der Waals surface area contributed by atoms with E-state index in [2.05, 4.69) is 15.9 Å². The van der Waals surface area contributed by atoms with Crippen LogP contribution in [0.2, 0.25) is 0 Å². The van der Waals surface area contributed by atoms with Gasteiger partial charge in [0.2, 0.25) is 0 Å². The Morgan fingerprint density at radius 3 is 2.38 bits per heavy atom. The SMILES string of the molecule is Cc1cc2oc(=O)cc(-c3oc4ccc(Br)cc4c3C)c2cc1C. The molecule has 3 nitrogen and oxygen atoms in total. The van der Waals surface area contributed by atoms with Gasteiger partial charge in [-0.25, -0.2) is 4.79 Å². The number of furan rings is 1. The third kappa shape index (κ3) is 2.29. The molecule has 24 heavy (non-hydrogen) atoms. The van der Waals surface area contributed by atoms with Crippen molar-refractivity contribution in [2.75, 3.05) is 0 Å². The summed E-state index contributed by atoms with van der Waals surface area (Å²) in [6.45, 7) is 6.06. The van der Waals surface area contributed by atoms with Crippen LogP contribution < -0.4 is 5.63 Å². The van der Waals surface area contributed by atoms with Gasteiger partial charge in [-0.05, 0) is 62.2 Å². The smallest absolute Gasteiger partial charge is 0.336 e. The monoisotopic (exact) mass is 382 g/mol. The molecule has 2 aromatic heterocycles. The third-order valence-electron chi connectivity index (χ3n) is 4.50. The van der Waals surface area contributed by atoms with Gasteiger partial charge in [0.15, 0.2) is 0 Å². The van der Waals surface area contributed by atoms with Crippen LogP contribution >= 0.6 is 15.9 Å². The summed E-state index contributed by atoms with van der Waals surface area (Å²) in [5, 5.41) is 1.92. The molecule has 2 aromatic carbocycles. The first-order valence-electron chi connectivity index (χ1n) is 7.68. The second-order valence-corrected chi connectivity index (χ2v) is 7.02. The van der Waals surface area contributed by atoms with Gasteiger partial charge in [0.25, 0.3) is 0 Å². The second kappa shape index (κ2) is 5.35. The molecular weight excluding hydrogens is 368 g/mol. The van der Waals surface area contributed by atoms with Crippen LogP contribution in [0.5, 0.6) is 0 Å². The van der Waals surface area contributed by atoms with E-state index in [-0.39, 0.29) is 5.63 Å². The molecule has 0 amide bonds. The highest BCUT2D eigenvalue weighted by Gasteiger charge is 2.17. The van der Waals surface area contributed by atoms with Crippen molar-refractivity contribution in [3.05, 3.63) is 68.0 Å². The Balaban J connectivity index is 2.11. The van der Waals surface area contributed by atoms with Crippen molar-refractivity contribution in [2.24, 2.45) is 0 Å². The van der Waals surface area contributed by atoms with E-state index in [1.54, 1.807) is 0 Å². The van der Waals surface area contributed by atoms with Gasteiger partial charge in [-0.2, -0.15) is 0 Å². The minimum atomic E-state index is -0.373. The van der Waals surface area contributed by atoms with Gasteiger partial charge < -0.3 is 8.83 Å². The van der Waals surface area contributed by atoms with E-state index < -0.39 is 0 Å². The number of benzene rings is 2. The lowest BCUT2D eigenvalue weighted by Gasteiger charge is -2.07. The number of hydrogen-bond donors (Lipinski definition) is 0. The number of hydrogen-bond acceptors (Lipinski definition) is 3. The Bertz CT molecular complexity index is 1170. The Morgan fingerprint density at radius 1 is 0.833 bits per heavy atom. The number of rotatable bonds is 1. The van der Waals surface area contributed by atoms with Crippen molar-refractivity contribution in [1.82, 2.24) is 0 Å². The molecule has 0 saturated heterocycles. The lowest BCUT2D eigenvalue weighted by atomic mass is 10.0. The maximum absolute atomic E-state index is 12.0. The Morgan fingerprint density at radius 2 is 1.58 bits per heavy atom. The van der Waals surface area contributed by atoms with Gasteiger partial charge in [-0.1, -0.05) is 15.9 Å². The lowest BCUT2D eigenvalue weighted by Crippen LogP contribution is -1.99. The molecular formula is C20H15BrO3. The molecule has 0 bridgehead atoms. The van der Waals surface area contributed by atoms with Crippen molar-refractivity contribution in [3.63, 3.8) is 0 Å². The molecule has 0 radical (unpaired) electrons. The van der Waals surface area contributed by atoms with Crippen LogP contribution in [0, 0.1) is 20.8 Å². The van der Waals surface area contributed by atoms with Crippen molar-refractivity contribution >= 4 is 37.9 Å². The maximum Gasteiger partial charge on any atom is 0.336 e. The van der Waals surface area contributed by atoms with Crippen LogP contribution in [-0.4, -0.2) is 0 Å². The zero-order valence-corrected chi connectivity index (χ0v) is 15.2. The van der Waals surface area contributed by atoms with Crippen molar-refractivity contribution in [3.8, 4) is 11.3 Å². The fraction of sp³-hybridized carbons (Fsp3) is 0.150. The van der Waals surface area contributed by atoms with E-state index in [1.165, 1.54) is 6.07 Å². The Labute approximate surface area is 147 Å². The van der Waals surface area contributed by atoms with Crippen LogP contribution in [0.4, 0.5) is 0 Å². The van der Waals surface area contributed by atoms with Gasteiger partial charge in [0, 0.05) is 32.4 Å². The summed E-state index contributed by atoms with van der Waals surface area (Å²) >= 11 is 3.49. The minimum Gasteiger partial charge on any atom is -0.456 e. The summed E-state index contributed by atoms with van der Waals surface area (Å²) in [5.41, 5.74) is 5.03. The van der Waals surface area contributed by atoms with E-state index in [4.69, 9.17) is 8.83 Å². The fourth-order valence-corrected chi connectivity index (χ4v) is 3.42. The number of aryl methyl sites for hydroxylation is 3. The molecule has 120 valence electrons. The molecule has 0 fully saturated rings. The van der Waals surface area contributed by atoms with Gasteiger partial charge in [-0.3, -0.25) is 0 Å². The van der Waals surface area contributed by atoms with Crippen LogP contribution in [0.15, 0.2) is 54.5 Å². The summed E-state index contributed by atoms with van der Waals surface area (Å²) < 4.78 is 12.5. The highest BCUT2D eigenvalue weighted by atomic mass is 79.9. The average Bonchev–Trinajstić information content (AvgIpc) is 2.85. The summed E-state index contributed by atoms with van der Waals surface area (Å²) in [4.78, 5) is 12.0. The highest BCUT2D eigenvalue weighted by Crippen LogP contribution is 2.37. The van der Waals surface area contributed by atoms with Crippen molar-refractivity contribution in [2.45, 2.75) is 20.8 Å². The summed E-state index contributed by atoms with van der Waals surface area (Å²) in [7, 11) is 0. The zero-order chi connectivity index (χ0) is 17.0. The predicted molar refractivity (Wildman–Crippen MR) is 99.6 cm³/mol. The molecule has 0 atom stereocenters. The summed E-state index contributed by atoms with van der Waals surface area (Å²) in [5.74, 6) is 0.712. The molecule has 0 aliphatic rings. The molecule has 0 saturated carbocycles. The van der Waals surface area contributed by atoms with Crippen LogP contribution in [0.25, 0.3) is 33.3 Å². The summed E-state index contributed by atoms with van der Waals surface area (Å²) in [6.07, 6.45) is 0. The van der Waals surface area contributed by atoms with Gasteiger partial charge in [-0.15, -0.1) is 0 Å². The molecule has 4 rings (SSSR count). The van der Waals surface area contributed by atoms with E-state index in [9.17, 15) is 4.79 Å². The molecule has 0 aliphatic carbocycles. The number of halogens is 1. The average molecular weight is 383 g/mol. The van der Waals surface area contributed by atoms with Gasteiger partial charge >= 0.3 is 5.63 Å². The normalized spacial score (nSPS) is 11.5. The van der Waals surface area contributed by atoms with E-state index in [1.807, 2.05) is 51.1 Å². The maximum atomic E-state index is 12.0. The molecule has 0 aliphatic heterocycles. The largest absolute Gasteiger partial charge is 0.456 e. The Hall–Kier alpha value is -2.33. The second-order valence-electron chi connectivity index (χ2n) is 6.11. The van der Waals surface area contributed by atoms with Gasteiger partial charge in [0.05, 0.1) is 0 Å². The standard InChI is InChI=1S/C20H15BrO3/c1-10-6-15-16(9-19(22)23-18(15)7-11(10)2)20-12(3)14-8-13(21)4-5-17(14)24-20/h4-9H,1-3H3. The lowest BCUT2D eigenvalue weighted by molar-refractivity contribution is 0.559. The van der Waals surface area contributed by atoms with Crippen LogP contribution in [-0.2, 0) is 0 Å². The minimum absolute atomic E-state index is 0.373. The molecule has 4 aromatic rings. The third-order valence-corrected chi connectivity index (χ3v) is 4.99. The van der Waals surface area contributed by atoms with Crippen molar-refractivity contribution in [1.29, 1.82) is 0 Å². The van der Waals surface area contributed by atoms with Crippen molar-refractivity contribution < 1.29 is 8.83 Å². The molecule has 4 heteroatoms. The van der Waals surface area contributed by atoms with Gasteiger partial charge in [0.1, 0.15) is 16.9 Å². The van der Waals surface area contributed by atoms with Crippen LogP contribution in [0.3, 0.4) is 0 Å². The highest BCUT2D eigenvalue weighted by molar-refractivity contribution is 9.10. The number of fused-ring (bicyclic) bond motifs is 2. The van der Waals surface area contributed by atoms with Crippen LogP contribution in [0.1, 0.15) is 16.7 Å².